The second kappa shape index (κ2) is 4.63. The molecule has 0 unspecified atom stereocenters. The Labute approximate surface area is 101 Å². The normalized spacial score (nSPS) is 10.5. The van der Waals surface area contributed by atoms with Gasteiger partial charge in [-0.1, -0.05) is 0 Å². The van der Waals surface area contributed by atoms with Gasteiger partial charge in [0, 0.05) is 6.07 Å². The molecule has 1 N–H and O–H groups in total. The minimum absolute atomic E-state index is 0.268. The van der Waals surface area contributed by atoms with Crippen molar-refractivity contribution in [2.24, 2.45) is 0 Å². The van der Waals surface area contributed by atoms with E-state index in [1.54, 1.807) is 0 Å². The Morgan fingerprint density at radius 1 is 1.62 bits per heavy atom. The monoisotopic (exact) mass is 344 g/mol. The smallest absolute Gasteiger partial charge is 0.361 e. The maximum atomic E-state index is 12.4. The molecule has 86 valence electrons. The third-order valence-corrected chi connectivity index (χ3v) is 2.48. The van der Waals surface area contributed by atoms with E-state index in [-0.39, 0.29) is 3.70 Å². The van der Waals surface area contributed by atoms with E-state index in [4.69, 9.17) is 5.11 Å². The maximum absolute atomic E-state index is 12.4. The lowest BCUT2D eigenvalue weighted by Gasteiger charge is -2.04. The number of hydrogen-bond acceptors (Lipinski definition) is 4. The third-order valence-electron chi connectivity index (χ3n) is 1.62. The number of halogens is 3. The molecule has 0 aromatic carbocycles. The molecule has 1 heterocycles. The Bertz CT molecular complexity index is 466. The second-order valence-corrected chi connectivity index (χ2v) is 3.62. The van der Waals surface area contributed by atoms with Gasteiger partial charge >= 0.3 is 11.7 Å². The number of aromatic carboxylic acids is 1. The number of carbonyl (C=O) groups is 1. The molecule has 1 aromatic heterocycles. The van der Waals surface area contributed by atoms with Gasteiger partial charge in [0.1, 0.15) is 3.70 Å². The van der Waals surface area contributed by atoms with Crippen molar-refractivity contribution in [3.8, 4) is 0 Å². The van der Waals surface area contributed by atoms with Gasteiger partial charge in [-0.05, 0) is 22.6 Å². The standard InChI is InChI=1S/C7H3F2IN2O4/c8-5(9)2-1-3(12(15)16)4(7(13)14)11-6(2)10/h1,5H,(H,13,14). The molecule has 0 spiro atoms. The molecule has 0 aliphatic heterocycles. The zero-order valence-corrected chi connectivity index (χ0v) is 9.51. The summed E-state index contributed by atoms with van der Waals surface area (Å²) in [7, 11) is 0. The van der Waals surface area contributed by atoms with Crippen molar-refractivity contribution in [1.82, 2.24) is 4.98 Å². The zero-order valence-electron chi connectivity index (χ0n) is 7.35. The van der Waals surface area contributed by atoms with Crippen molar-refractivity contribution >= 4 is 34.2 Å². The molecular formula is C7H3F2IN2O4. The van der Waals surface area contributed by atoms with Crippen LogP contribution in [-0.4, -0.2) is 21.0 Å². The van der Waals surface area contributed by atoms with Crippen molar-refractivity contribution in [1.29, 1.82) is 0 Å². The number of alkyl halides is 2. The minimum atomic E-state index is -2.94. The first-order valence-corrected chi connectivity index (χ1v) is 4.78. The SMILES string of the molecule is O=C(O)c1nc(I)c(C(F)F)cc1[N+](=O)[O-]. The fraction of sp³-hybridized carbons (Fsp3) is 0.143. The number of carboxylic acids is 1. The van der Waals surface area contributed by atoms with E-state index in [1.807, 2.05) is 0 Å². The molecule has 0 atom stereocenters. The van der Waals surface area contributed by atoms with Gasteiger partial charge in [-0.2, -0.15) is 0 Å². The predicted octanol–water partition coefficient (Wildman–Crippen LogP) is 2.23. The Morgan fingerprint density at radius 2 is 2.19 bits per heavy atom. The summed E-state index contributed by atoms with van der Waals surface area (Å²) in [4.78, 5) is 23.3. The van der Waals surface area contributed by atoms with Crippen LogP contribution in [0, 0.1) is 13.8 Å². The summed E-state index contributed by atoms with van der Waals surface area (Å²) >= 11 is 1.40. The number of carboxylic acid groups (broad SMARTS) is 1. The van der Waals surface area contributed by atoms with Gasteiger partial charge < -0.3 is 5.11 Å². The van der Waals surface area contributed by atoms with E-state index in [1.165, 1.54) is 22.6 Å². The minimum Gasteiger partial charge on any atom is -0.476 e. The molecule has 1 aromatic rings. The third kappa shape index (κ3) is 2.40. The number of hydrogen-bond donors (Lipinski definition) is 1. The lowest BCUT2D eigenvalue weighted by atomic mass is 10.2. The lowest BCUT2D eigenvalue weighted by Crippen LogP contribution is -2.09. The number of nitro groups is 1. The number of pyridine rings is 1. The van der Waals surface area contributed by atoms with Crippen LogP contribution in [0.1, 0.15) is 22.5 Å². The Balaban J connectivity index is 3.49. The largest absolute Gasteiger partial charge is 0.476 e. The van der Waals surface area contributed by atoms with Crippen LogP contribution < -0.4 is 0 Å². The van der Waals surface area contributed by atoms with Gasteiger partial charge in [0.15, 0.2) is 0 Å². The summed E-state index contributed by atoms with van der Waals surface area (Å²) < 4.78 is 24.5. The molecule has 0 saturated heterocycles. The zero-order chi connectivity index (χ0) is 12.5. The van der Waals surface area contributed by atoms with Crippen LogP contribution in [0.2, 0.25) is 0 Å². The average molecular weight is 344 g/mol. The van der Waals surface area contributed by atoms with Crippen LogP contribution in [0.5, 0.6) is 0 Å². The fourth-order valence-corrected chi connectivity index (χ4v) is 1.58. The molecule has 0 aliphatic carbocycles. The van der Waals surface area contributed by atoms with Crippen molar-refractivity contribution < 1.29 is 23.6 Å². The van der Waals surface area contributed by atoms with Crippen molar-refractivity contribution in [2.75, 3.05) is 0 Å². The Morgan fingerprint density at radius 3 is 2.56 bits per heavy atom. The molecular weight excluding hydrogens is 341 g/mol. The molecule has 16 heavy (non-hydrogen) atoms. The van der Waals surface area contributed by atoms with Crippen LogP contribution in [-0.2, 0) is 0 Å². The quantitative estimate of drug-likeness (QED) is 0.393. The predicted molar refractivity (Wildman–Crippen MR) is 55.5 cm³/mol. The van der Waals surface area contributed by atoms with Crippen molar-refractivity contribution in [2.45, 2.75) is 6.43 Å². The molecule has 0 amide bonds. The Hall–Kier alpha value is -1.39. The van der Waals surface area contributed by atoms with Gasteiger partial charge in [-0.25, -0.2) is 18.6 Å². The highest BCUT2D eigenvalue weighted by Gasteiger charge is 2.26. The van der Waals surface area contributed by atoms with Gasteiger partial charge in [0.05, 0.1) is 10.5 Å². The molecule has 6 nitrogen and oxygen atoms in total. The first-order chi connectivity index (χ1) is 7.34. The first-order valence-electron chi connectivity index (χ1n) is 3.71. The second-order valence-electron chi connectivity index (χ2n) is 2.60. The topological polar surface area (TPSA) is 93.3 Å². The Kier molecular flexibility index (Phi) is 3.67. The molecule has 0 radical (unpaired) electrons. The van der Waals surface area contributed by atoms with Crippen LogP contribution in [0.25, 0.3) is 0 Å². The first kappa shape index (κ1) is 12.7. The molecule has 1 rings (SSSR count). The lowest BCUT2D eigenvalue weighted by molar-refractivity contribution is -0.385. The highest BCUT2D eigenvalue weighted by atomic mass is 127. The number of nitrogens with zero attached hydrogens (tertiary/aromatic N) is 2. The molecule has 0 bridgehead atoms. The van der Waals surface area contributed by atoms with E-state index in [9.17, 15) is 23.7 Å². The number of aromatic nitrogens is 1. The molecule has 0 saturated carbocycles. The van der Waals surface area contributed by atoms with Gasteiger partial charge in [0.25, 0.3) is 6.43 Å². The summed E-state index contributed by atoms with van der Waals surface area (Å²) in [6.45, 7) is 0. The van der Waals surface area contributed by atoms with E-state index in [0.717, 1.165) is 0 Å². The summed E-state index contributed by atoms with van der Waals surface area (Å²) in [6.07, 6.45) is -2.94. The molecule has 9 heteroatoms. The average Bonchev–Trinajstić information content (AvgIpc) is 2.15. The highest BCUT2D eigenvalue weighted by molar-refractivity contribution is 14.1. The fourth-order valence-electron chi connectivity index (χ4n) is 0.945. The maximum Gasteiger partial charge on any atom is 0.361 e. The van der Waals surface area contributed by atoms with Crippen LogP contribution in [0.15, 0.2) is 6.07 Å². The number of rotatable bonds is 3. The summed E-state index contributed by atoms with van der Waals surface area (Å²) in [5.41, 5.74) is -2.45. The van der Waals surface area contributed by atoms with E-state index < -0.39 is 34.3 Å². The summed E-state index contributed by atoms with van der Waals surface area (Å²) in [5, 5.41) is 19.1. The van der Waals surface area contributed by atoms with E-state index in [0.29, 0.717) is 6.07 Å². The van der Waals surface area contributed by atoms with Gasteiger partial charge in [0.2, 0.25) is 5.69 Å². The molecule has 0 aliphatic rings. The van der Waals surface area contributed by atoms with Gasteiger partial charge in [-0.3, -0.25) is 10.1 Å². The highest BCUT2D eigenvalue weighted by Crippen LogP contribution is 2.28. The van der Waals surface area contributed by atoms with Crippen LogP contribution in [0.4, 0.5) is 14.5 Å². The summed E-state index contributed by atoms with van der Waals surface area (Å²) in [5.74, 6) is -1.63. The van der Waals surface area contributed by atoms with Crippen molar-refractivity contribution in [3.63, 3.8) is 0 Å². The van der Waals surface area contributed by atoms with Gasteiger partial charge in [-0.15, -0.1) is 0 Å². The summed E-state index contributed by atoms with van der Waals surface area (Å²) in [6, 6.07) is 0.531. The van der Waals surface area contributed by atoms with Crippen LogP contribution in [0.3, 0.4) is 0 Å². The molecule has 0 fully saturated rings. The van der Waals surface area contributed by atoms with E-state index in [2.05, 4.69) is 4.98 Å². The van der Waals surface area contributed by atoms with Crippen molar-refractivity contribution in [3.05, 3.63) is 31.1 Å². The van der Waals surface area contributed by atoms with E-state index >= 15 is 0 Å². The van der Waals surface area contributed by atoms with Crippen LogP contribution >= 0.6 is 22.6 Å².